The second-order valence-electron chi connectivity index (χ2n) is 30.0. The Hall–Kier alpha value is -1.94. The zero-order valence-corrected chi connectivity index (χ0v) is 66.8. The predicted octanol–water partition coefficient (Wildman–Crippen LogP) is 23.7. The molecule has 0 aromatic carbocycles. The zero-order chi connectivity index (χ0) is 73.0. The van der Waals surface area contributed by atoms with E-state index in [1.54, 1.807) is 0 Å². The number of hydrogen-bond donors (Lipinski definition) is 3. The lowest BCUT2D eigenvalue weighted by Gasteiger charge is -2.21. The fourth-order valence-corrected chi connectivity index (χ4v) is 13.9. The highest BCUT2D eigenvalue weighted by Crippen LogP contribution is 2.45. The van der Waals surface area contributed by atoms with E-state index in [0.717, 1.165) is 108 Å². The lowest BCUT2D eigenvalue weighted by molar-refractivity contribution is -0.161. The van der Waals surface area contributed by atoms with E-state index in [1.165, 1.54) is 225 Å². The van der Waals surface area contributed by atoms with Gasteiger partial charge in [-0.3, -0.25) is 37.3 Å². The van der Waals surface area contributed by atoms with E-state index < -0.39 is 97.5 Å². The van der Waals surface area contributed by atoms with Crippen LogP contribution in [0.3, 0.4) is 0 Å². The summed E-state index contributed by atoms with van der Waals surface area (Å²) in [5, 5.41) is 10.6. The summed E-state index contributed by atoms with van der Waals surface area (Å²) >= 11 is 0. The van der Waals surface area contributed by atoms with Crippen molar-refractivity contribution in [3.8, 4) is 0 Å². The summed E-state index contributed by atoms with van der Waals surface area (Å²) in [6.07, 6.45) is 58.2. The van der Waals surface area contributed by atoms with Crippen LogP contribution >= 0.6 is 15.6 Å². The fraction of sp³-hybridized carbons (Fsp3) is 0.950. The number of carbonyl (C=O) groups is 4. The Morgan fingerprint density at radius 3 is 0.768 bits per heavy atom. The van der Waals surface area contributed by atoms with Crippen molar-refractivity contribution in [2.24, 2.45) is 17.8 Å². The van der Waals surface area contributed by atoms with Crippen molar-refractivity contribution in [3.63, 3.8) is 0 Å². The van der Waals surface area contributed by atoms with Crippen LogP contribution in [0.15, 0.2) is 0 Å². The summed E-state index contributed by atoms with van der Waals surface area (Å²) in [7, 11) is -9.92. The quantitative estimate of drug-likeness (QED) is 0.0222. The molecule has 0 aromatic heterocycles. The number of aliphatic hydroxyl groups excluding tert-OH is 1. The minimum absolute atomic E-state index is 0.106. The number of esters is 4. The molecule has 588 valence electrons. The van der Waals surface area contributed by atoms with E-state index in [1.807, 2.05) is 0 Å². The van der Waals surface area contributed by atoms with E-state index >= 15 is 0 Å². The van der Waals surface area contributed by atoms with Gasteiger partial charge >= 0.3 is 39.5 Å². The minimum atomic E-state index is -4.96. The number of carbonyl (C=O) groups excluding carboxylic acids is 4. The van der Waals surface area contributed by atoms with Crippen molar-refractivity contribution in [2.75, 3.05) is 39.6 Å². The van der Waals surface area contributed by atoms with E-state index in [4.69, 9.17) is 37.0 Å². The highest BCUT2D eigenvalue weighted by Gasteiger charge is 2.30. The molecule has 0 aliphatic heterocycles. The number of aliphatic hydroxyl groups is 1. The van der Waals surface area contributed by atoms with Gasteiger partial charge in [-0.2, -0.15) is 0 Å². The van der Waals surface area contributed by atoms with Crippen LogP contribution in [-0.4, -0.2) is 96.7 Å². The maximum absolute atomic E-state index is 13.1. The Balaban J connectivity index is 5.26. The maximum Gasteiger partial charge on any atom is 0.472 e. The second-order valence-corrected chi connectivity index (χ2v) is 32.9. The maximum atomic E-state index is 13.1. The fourth-order valence-electron chi connectivity index (χ4n) is 12.3. The average molecular weight is 1450 g/mol. The summed E-state index contributed by atoms with van der Waals surface area (Å²) in [6.45, 7) is 12.0. The predicted molar refractivity (Wildman–Crippen MR) is 405 cm³/mol. The first-order chi connectivity index (χ1) is 47.8. The largest absolute Gasteiger partial charge is 0.472 e. The molecule has 0 spiro atoms. The summed E-state index contributed by atoms with van der Waals surface area (Å²) in [5.74, 6) is 0.227. The highest BCUT2D eigenvalue weighted by atomic mass is 31.2. The first-order valence-corrected chi connectivity index (χ1v) is 44.4. The van der Waals surface area contributed by atoms with Crippen LogP contribution in [0, 0.1) is 17.8 Å². The third-order valence-electron chi connectivity index (χ3n) is 19.0. The van der Waals surface area contributed by atoms with Crippen molar-refractivity contribution < 1.29 is 80.2 Å². The Morgan fingerprint density at radius 1 is 0.293 bits per heavy atom. The summed E-state index contributed by atoms with van der Waals surface area (Å²) < 4.78 is 68.7. The van der Waals surface area contributed by atoms with Crippen LogP contribution in [0.2, 0.25) is 0 Å². The molecule has 0 aromatic rings. The first-order valence-electron chi connectivity index (χ1n) is 41.4. The molecule has 0 saturated carbocycles. The summed E-state index contributed by atoms with van der Waals surface area (Å²) in [6, 6.07) is 0. The van der Waals surface area contributed by atoms with E-state index in [-0.39, 0.29) is 25.7 Å². The van der Waals surface area contributed by atoms with Crippen LogP contribution in [0.25, 0.3) is 0 Å². The minimum Gasteiger partial charge on any atom is -0.462 e. The van der Waals surface area contributed by atoms with Gasteiger partial charge in [0, 0.05) is 25.7 Å². The molecule has 99 heavy (non-hydrogen) atoms. The van der Waals surface area contributed by atoms with Crippen LogP contribution in [0.4, 0.5) is 0 Å². The highest BCUT2D eigenvalue weighted by molar-refractivity contribution is 7.47. The molecule has 6 atom stereocenters. The molecule has 3 N–H and O–H groups in total. The van der Waals surface area contributed by atoms with Gasteiger partial charge in [0.05, 0.1) is 26.4 Å². The molecule has 0 saturated heterocycles. The van der Waals surface area contributed by atoms with Gasteiger partial charge in [0.1, 0.15) is 19.3 Å². The van der Waals surface area contributed by atoms with Crippen molar-refractivity contribution >= 4 is 39.5 Å². The molecule has 3 unspecified atom stereocenters. The summed E-state index contributed by atoms with van der Waals surface area (Å²) in [4.78, 5) is 73.0. The number of rotatable bonds is 78. The van der Waals surface area contributed by atoms with Crippen molar-refractivity contribution in [1.82, 2.24) is 0 Å². The lowest BCUT2D eigenvalue weighted by atomic mass is 9.99. The van der Waals surface area contributed by atoms with Crippen molar-refractivity contribution in [2.45, 2.75) is 433 Å². The molecule has 0 amide bonds. The Morgan fingerprint density at radius 2 is 0.515 bits per heavy atom. The number of phosphoric ester groups is 2. The SMILES string of the molecule is CCCCCCCCCCCCCCCCCC(=O)OC[C@H](COP(=O)(O)OC[C@@H](O)COP(=O)(O)OC[C@@H](COC(=O)CCCCCCCCCCC(C)C)OC(=O)CCCCCCCCCCCCC(C)CC)OC(=O)CCCCCCCCCCCCCCCCCCC(C)C. The van der Waals surface area contributed by atoms with Crippen LogP contribution in [-0.2, 0) is 65.4 Å². The molecule has 0 aliphatic rings. The van der Waals surface area contributed by atoms with Gasteiger partial charge in [-0.1, -0.05) is 363 Å². The van der Waals surface area contributed by atoms with Crippen LogP contribution in [0.1, 0.15) is 414 Å². The van der Waals surface area contributed by atoms with E-state index in [9.17, 15) is 43.2 Å². The second kappa shape index (κ2) is 70.4. The standard InChI is InChI=1S/C80H156O17P2/c1-8-10-11-12-13-14-15-16-19-23-26-32-40-47-54-61-77(82)90-67-75(96-79(84)63-56-49-42-33-27-24-21-18-17-20-22-25-30-37-44-51-58-71(3)4)69-94-98(86,87)92-65-74(81)66-93-99(88,89)95-70-76(68-91-78(83)62-55-48-41-36-35-38-45-52-59-72(5)6)97-80(85)64-57-50-43-34-29-28-31-39-46-53-60-73(7)9-2/h71-76,81H,8-70H2,1-7H3,(H,86,87)(H,88,89)/t73?,74-,75-,76-/m1/s1. The molecule has 0 fully saturated rings. The zero-order valence-electron chi connectivity index (χ0n) is 65.0. The van der Waals surface area contributed by atoms with E-state index in [2.05, 4.69) is 48.5 Å². The molecule has 0 rings (SSSR count). The molecule has 0 radical (unpaired) electrons. The van der Waals surface area contributed by atoms with Gasteiger partial charge in [0.2, 0.25) is 0 Å². The number of hydrogen-bond acceptors (Lipinski definition) is 15. The van der Waals surface area contributed by atoms with Crippen molar-refractivity contribution in [1.29, 1.82) is 0 Å². The topological polar surface area (TPSA) is 237 Å². The number of unbranched alkanes of at least 4 members (excludes halogenated alkanes) is 45. The van der Waals surface area contributed by atoms with Crippen molar-refractivity contribution in [3.05, 3.63) is 0 Å². The molecule has 17 nitrogen and oxygen atoms in total. The van der Waals surface area contributed by atoms with Crippen LogP contribution < -0.4 is 0 Å². The number of ether oxygens (including phenoxy) is 4. The molecule has 0 heterocycles. The van der Waals surface area contributed by atoms with Crippen LogP contribution in [0.5, 0.6) is 0 Å². The molecular weight excluding hydrogens is 1290 g/mol. The number of phosphoric acid groups is 2. The first kappa shape index (κ1) is 97.1. The van der Waals surface area contributed by atoms with Gasteiger partial charge in [-0.05, 0) is 43.4 Å². The third kappa shape index (κ3) is 72.8. The average Bonchev–Trinajstić information content (AvgIpc) is 0.985. The Bertz CT molecular complexity index is 1920. The Kier molecular flexibility index (Phi) is 69.0. The van der Waals surface area contributed by atoms with E-state index in [0.29, 0.717) is 25.7 Å². The monoisotopic (exact) mass is 1450 g/mol. The van der Waals surface area contributed by atoms with Gasteiger partial charge in [-0.15, -0.1) is 0 Å². The molecular formula is C80H156O17P2. The normalized spacial score (nSPS) is 14.3. The van der Waals surface area contributed by atoms with Gasteiger partial charge < -0.3 is 33.8 Å². The Labute approximate surface area is 607 Å². The van der Waals surface area contributed by atoms with Gasteiger partial charge in [0.25, 0.3) is 0 Å². The smallest absolute Gasteiger partial charge is 0.462 e. The molecule has 19 heteroatoms. The van der Waals surface area contributed by atoms with Gasteiger partial charge in [-0.25, -0.2) is 9.13 Å². The van der Waals surface area contributed by atoms with Gasteiger partial charge in [0.15, 0.2) is 12.2 Å². The summed E-state index contributed by atoms with van der Waals surface area (Å²) in [5.41, 5.74) is 0. The molecule has 0 bridgehead atoms. The lowest BCUT2D eigenvalue weighted by Crippen LogP contribution is -2.30. The molecule has 0 aliphatic carbocycles. The third-order valence-corrected chi connectivity index (χ3v) is 20.9.